The number of nitrogen functional groups attached to an aromatic ring is 1. The van der Waals surface area contributed by atoms with Crippen LogP contribution < -0.4 is 21.7 Å². The number of nitrogens with zero attached hydrogens (tertiary/aromatic N) is 3. The van der Waals surface area contributed by atoms with Gasteiger partial charge in [-0.1, -0.05) is 18.2 Å². The number of carbonyl (C=O) groups excluding carboxylic acids is 1. The molecule has 21 heavy (non-hydrogen) atoms. The van der Waals surface area contributed by atoms with Crippen molar-refractivity contribution in [3.8, 4) is 0 Å². The van der Waals surface area contributed by atoms with Gasteiger partial charge in [-0.2, -0.15) is 5.10 Å². The number of rotatable bonds is 4. The van der Waals surface area contributed by atoms with Gasteiger partial charge in [-0.15, -0.1) is 0 Å². The van der Waals surface area contributed by atoms with Crippen LogP contribution in [0, 0.1) is 0 Å². The lowest BCUT2D eigenvalue weighted by Crippen LogP contribution is -2.31. The minimum Gasteiger partial charge on any atom is -0.376 e. The number of hydrazine groups is 1. The van der Waals surface area contributed by atoms with Crippen LogP contribution >= 0.6 is 0 Å². The molecule has 7 heteroatoms. The number of nitrogens with one attached hydrogen (secondary N) is 1. The number of carbonyl (C=O) groups is 1. The van der Waals surface area contributed by atoms with Gasteiger partial charge in [0.2, 0.25) is 0 Å². The smallest absolute Gasteiger partial charge is 0.269 e. The van der Waals surface area contributed by atoms with E-state index in [1.54, 1.807) is 35.4 Å². The molecule has 0 radical (unpaired) electrons. The molecule has 0 atom stereocenters. The summed E-state index contributed by atoms with van der Waals surface area (Å²) in [6.45, 7) is 0.204. The molecule has 2 rings (SSSR count). The van der Waals surface area contributed by atoms with E-state index < -0.39 is 5.91 Å². The minimum absolute atomic E-state index is 0.204. The van der Waals surface area contributed by atoms with Gasteiger partial charge in [0.15, 0.2) is 0 Å². The number of hydrogen-bond donors (Lipinski definition) is 2. The molecule has 3 N–H and O–H groups in total. The Balaban J connectivity index is 2.35. The van der Waals surface area contributed by atoms with E-state index in [4.69, 9.17) is 5.84 Å². The van der Waals surface area contributed by atoms with Crippen LogP contribution in [0.5, 0.6) is 0 Å². The van der Waals surface area contributed by atoms with Crippen LogP contribution in [0.1, 0.15) is 15.9 Å². The minimum atomic E-state index is -0.399. The SMILES string of the molecule is CN(C)c1cnn(Cc2ccccc2C(=O)NN)c(=O)c1. The van der Waals surface area contributed by atoms with Gasteiger partial charge in [-0.3, -0.25) is 15.0 Å². The van der Waals surface area contributed by atoms with Crippen LogP contribution in [0.2, 0.25) is 0 Å². The first-order valence-electron chi connectivity index (χ1n) is 6.36. The molecule has 1 aromatic heterocycles. The van der Waals surface area contributed by atoms with Crippen molar-refractivity contribution >= 4 is 11.6 Å². The maximum atomic E-state index is 12.0. The summed E-state index contributed by atoms with van der Waals surface area (Å²) in [5.74, 6) is 4.76. The third-order valence-electron chi connectivity index (χ3n) is 3.08. The molecular formula is C14H17N5O2. The molecule has 0 saturated heterocycles. The lowest BCUT2D eigenvalue weighted by Gasteiger charge is -2.13. The van der Waals surface area contributed by atoms with E-state index in [0.717, 1.165) is 5.69 Å². The highest BCUT2D eigenvalue weighted by molar-refractivity contribution is 5.95. The van der Waals surface area contributed by atoms with E-state index in [2.05, 4.69) is 10.5 Å². The van der Waals surface area contributed by atoms with Crippen LogP contribution in [-0.4, -0.2) is 29.8 Å². The zero-order chi connectivity index (χ0) is 15.4. The predicted octanol–water partition coefficient (Wildman–Crippen LogP) is -0.0389. The molecule has 1 amide bonds. The zero-order valence-corrected chi connectivity index (χ0v) is 11.9. The van der Waals surface area contributed by atoms with E-state index in [0.29, 0.717) is 11.1 Å². The van der Waals surface area contributed by atoms with E-state index in [1.165, 1.54) is 10.7 Å². The van der Waals surface area contributed by atoms with Crippen molar-refractivity contribution in [1.82, 2.24) is 15.2 Å². The number of amides is 1. The van der Waals surface area contributed by atoms with Crippen LogP contribution in [0.15, 0.2) is 41.3 Å². The number of nitrogens with two attached hydrogens (primary N) is 1. The summed E-state index contributed by atoms with van der Waals surface area (Å²) in [6, 6.07) is 8.44. The highest BCUT2D eigenvalue weighted by Gasteiger charge is 2.11. The van der Waals surface area contributed by atoms with E-state index in [1.807, 2.05) is 14.1 Å². The predicted molar refractivity (Wildman–Crippen MR) is 80.0 cm³/mol. The average Bonchev–Trinajstić information content (AvgIpc) is 2.49. The van der Waals surface area contributed by atoms with Gasteiger partial charge in [0.1, 0.15) is 0 Å². The summed E-state index contributed by atoms with van der Waals surface area (Å²) in [5, 5.41) is 4.12. The largest absolute Gasteiger partial charge is 0.376 e. The molecule has 1 aromatic carbocycles. The van der Waals surface area contributed by atoms with Crippen molar-refractivity contribution < 1.29 is 4.79 Å². The van der Waals surface area contributed by atoms with Gasteiger partial charge in [0.25, 0.3) is 11.5 Å². The van der Waals surface area contributed by atoms with Crippen molar-refractivity contribution in [3.05, 3.63) is 58.0 Å². The Morgan fingerprint density at radius 2 is 2.10 bits per heavy atom. The van der Waals surface area contributed by atoms with Gasteiger partial charge < -0.3 is 4.90 Å². The van der Waals surface area contributed by atoms with Crippen molar-refractivity contribution in [2.75, 3.05) is 19.0 Å². The molecule has 0 aliphatic rings. The molecule has 0 unspecified atom stereocenters. The molecule has 0 aliphatic carbocycles. The van der Waals surface area contributed by atoms with E-state index in [-0.39, 0.29) is 12.1 Å². The fourth-order valence-corrected chi connectivity index (χ4v) is 1.91. The third kappa shape index (κ3) is 3.26. The lowest BCUT2D eigenvalue weighted by atomic mass is 10.1. The van der Waals surface area contributed by atoms with Crippen LogP contribution in [0.3, 0.4) is 0 Å². The van der Waals surface area contributed by atoms with Gasteiger partial charge in [-0.25, -0.2) is 10.5 Å². The highest BCUT2D eigenvalue weighted by Crippen LogP contribution is 2.10. The molecule has 0 aliphatic heterocycles. The molecule has 110 valence electrons. The second-order valence-electron chi connectivity index (χ2n) is 4.73. The molecule has 0 spiro atoms. The monoisotopic (exact) mass is 287 g/mol. The summed E-state index contributed by atoms with van der Waals surface area (Å²) in [7, 11) is 3.67. The maximum Gasteiger partial charge on any atom is 0.269 e. The van der Waals surface area contributed by atoms with E-state index in [9.17, 15) is 9.59 Å². The summed E-state index contributed by atoms with van der Waals surface area (Å²) in [4.78, 5) is 25.6. The topological polar surface area (TPSA) is 93.2 Å². The summed E-state index contributed by atoms with van der Waals surface area (Å²) in [5.41, 5.74) is 3.68. The highest BCUT2D eigenvalue weighted by atomic mass is 16.2. The third-order valence-corrected chi connectivity index (χ3v) is 3.08. The van der Waals surface area contributed by atoms with Gasteiger partial charge in [0.05, 0.1) is 18.4 Å². The van der Waals surface area contributed by atoms with Gasteiger partial charge in [-0.05, 0) is 11.6 Å². The fourth-order valence-electron chi connectivity index (χ4n) is 1.91. The van der Waals surface area contributed by atoms with Crippen molar-refractivity contribution in [2.45, 2.75) is 6.54 Å². The second kappa shape index (κ2) is 6.19. The first kappa shape index (κ1) is 14.7. The average molecular weight is 287 g/mol. The van der Waals surface area contributed by atoms with Gasteiger partial charge in [0, 0.05) is 25.7 Å². The summed E-state index contributed by atoms with van der Waals surface area (Å²) < 4.78 is 1.30. The second-order valence-corrected chi connectivity index (χ2v) is 4.73. The van der Waals surface area contributed by atoms with E-state index >= 15 is 0 Å². The zero-order valence-electron chi connectivity index (χ0n) is 11.9. The Kier molecular flexibility index (Phi) is 4.34. The summed E-state index contributed by atoms with van der Waals surface area (Å²) >= 11 is 0. The first-order chi connectivity index (χ1) is 10.0. The number of aromatic nitrogens is 2. The number of hydrogen-bond acceptors (Lipinski definition) is 5. The van der Waals surface area contributed by atoms with Crippen LogP contribution in [-0.2, 0) is 6.54 Å². The Bertz CT molecular complexity index is 709. The van der Waals surface area contributed by atoms with Crippen molar-refractivity contribution in [1.29, 1.82) is 0 Å². The number of benzene rings is 1. The maximum absolute atomic E-state index is 12.0. The lowest BCUT2D eigenvalue weighted by molar-refractivity contribution is 0.0952. The molecule has 2 aromatic rings. The first-order valence-corrected chi connectivity index (χ1v) is 6.36. The Labute approximate surface area is 122 Å². The molecule has 0 bridgehead atoms. The van der Waals surface area contributed by atoms with Crippen LogP contribution in [0.4, 0.5) is 5.69 Å². The Morgan fingerprint density at radius 1 is 1.38 bits per heavy atom. The number of anilines is 1. The van der Waals surface area contributed by atoms with Crippen molar-refractivity contribution in [2.24, 2.45) is 5.84 Å². The molecular weight excluding hydrogens is 270 g/mol. The molecule has 0 fully saturated rings. The Morgan fingerprint density at radius 3 is 2.71 bits per heavy atom. The molecule has 1 heterocycles. The molecule has 0 saturated carbocycles. The van der Waals surface area contributed by atoms with Crippen LogP contribution in [0.25, 0.3) is 0 Å². The quantitative estimate of drug-likeness (QED) is 0.467. The molecule has 7 nitrogen and oxygen atoms in total. The van der Waals surface area contributed by atoms with Gasteiger partial charge >= 0.3 is 0 Å². The van der Waals surface area contributed by atoms with Crippen molar-refractivity contribution in [3.63, 3.8) is 0 Å². The summed E-state index contributed by atoms with van der Waals surface area (Å²) in [6.07, 6.45) is 1.60. The fraction of sp³-hybridized carbons (Fsp3) is 0.214. The Hall–Kier alpha value is -2.67. The normalized spacial score (nSPS) is 10.2. The standard InChI is InChI=1S/C14H17N5O2/c1-18(2)11-7-13(20)19(16-8-11)9-10-5-3-4-6-12(10)14(21)17-15/h3-8H,9,15H2,1-2H3,(H,17,21).